The molecule has 2 aliphatic rings. The number of ether oxygens (including phenoxy) is 2. The van der Waals surface area contributed by atoms with E-state index >= 15 is 0 Å². The van der Waals surface area contributed by atoms with Gasteiger partial charge in [0.25, 0.3) is 0 Å². The summed E-state index contributed by atoms with van der Waals surface area (Å²) in [5, 5.41) is 5.76. The van der Waals surface area contributed by atoms with Gasteiger partial charge in [-0.05, 0) is 37.6 Å². The van der Waals surface area contributed by atoms with Crippen LogP contribution in [0.4, 0.5) is 10.5 Å². The van der Waals surface area contributed by atoms with Crippen LogP contribution in [-0.2, 0) is 9.53 Å². The van der Waals surface area contributed by atoms with E-state index in [2.05, 4.69) is 51.6 Å². The topological polar surface area (TPSA) is 83.1 Å². The van der Waals surface area contributed by atoms with Gasteiger partial charge in [-0.3, -0.25) is 4.90 Å². The summed E-state index contributed by atoms with van der Waals surface area (Å²) in [5.41, 5.74) is 4.15. The van der Waals surface area contributed by atoms with Crippen LogP contribution < -0.4 is 20.3 Å². The Kier molecular flexibility index (Phi) is 7.37. The maximum absolute atomic E-state index is 13.1. The third-order valence-corrected chi connectivity index (χ3v) is 6.22. The second-order valence-electron chi connectivity index (χ2n) is 8.49. The average Bonchev–Trinajstić information content (AvgIpc) is 2.84. The molecule has 0 radical (unpaired) electrons. The lowest BCUT2D eigenvalue weighted by Gasteiger charge is -2.38. The zero-order valence-electron chi connectivity index (χ0n) is 20.0. The van der Waals surface area contributed by atoms with Gasteiger partial charge < -0.3 is 25.0 Å². The van der Waals surface area contributed by atoms with E-state index in [4.69, 9.17) is 9.47 Å². The van der Waals surface area contributed by atoms with Crippen LogP contribution in [0.1, 0.15) is 24.1 Å². The van der Waals surface area contributed by atoms with Gasteiger partial charge in [0, 0.05) is 49.7 Å². The summed E-state index contributed by atoms with van der Waals surface area (Å²) in [5.74, 6) is 0.155. The molecule has 2 aliphatic heterocycles. The van der Waals surface area contributed by atoms with Crippen LogP contribution in [0, 0.1) is 6.92 Å². The fraction of sp³-hybridized carbons (Fsp3) is 0.385. The highest BCUT2D eigenvalue weighted by atomic mass is 16.5. The number of piperazine rings is 1. The lowest BCUT2D eigenvalue weighted by Crippen LogP contribution is -2.51. The monoisotopic (exact) mass is 464 g/mol. The number of nitrogens with zero attached hydrogens (tertiary/aromatic N) is 2. The van der Waals surface area contributed by atoms with Crippen molar-refractivity contribution in [1.82, 2.24) is 15.5 Å². The van der Waals surface area contributed by atoms with Crippen molar-refractivity contribution in [3.8, 4) is 5.75 Å². The first-order valence-corrected chi connectivity index (χ1v) is 11.6. The molecule has 1 fully saturated rings. The molecule has 1 saturated heterocycles. The first-order chi connectivity index (χ1) is 16.5. The Morgan fingerprint density at radius 2 is 1.85 bits per heavy atom. The summed E-state index contributed by atoms with van der Waals surface area (Å²) < 4.78 is 10.9. The molecule has 8 nitrogen and oxygen atoms in total. The zero-order chi connectivity index (χ0) is 24.1. The Hall–Kier alpha value is -3.52. The van der Waals surface area contributed by atoms with Gasteiger partial charge >= 0.3 is 12.0 Å². The molecule has 0 aliphatic carbocycles. The number of rotatable bonds is 7. The van der Waals surface area contributed by atoms with E-state index in [1.54, 1.807) is 14.0 Å². The number of esters is 1. The zero-order valence-corrected chi connectivity index (χ0v) is 20.0. The van der Waals surface area contributed by atoms with Gasteiger partial charge in [0.2, 0.25) is 0 Å². The first-order valence-electron chi connectivity index (χ1n) is 11.6. The van der Waals surface area contributed by atoms with E-state index in [0.717, 1.165) is 26.2 Å². The van der Waals surface area contributed by atoms with Crippen LogP contribution in [0.5, 0.6) is 5.75 Å². The molecule has 2 N–H and O–H groups in total. The number of carbonyl (C=O) groups excluding carboxylic acids is 2. The van der Waals surface area contributed by atoms with E-state index in [1.165, 1.54) is 11.3 Å². The highest BCUT2D eigenvalue weighted by molar-refractivity contribution is 5.95. The van der Waals surface area contributed by atoms with Gasteiger partial charge in [-0.1, -0.05) is 30.3 Å². The smallest absolute Gasteiger partial charge is 0.338 e. The Morgan fingerprint density at radius 1 is 1.09 bits per heavy atom. The van der Waals surface area contributed by atoms with Gasteiger partial charge in [0.1, 0.15) is 5.75 Å². The van der Waals surface area contributed by atoms with Gasteiger partial charge in [-0.15, -0.1) is 0 Å². The summed E-state index contributed by atoms with van der Waals surface area (Å²) in [6.07, 6.45) is 0. The number of para-hydroxylation sites is 1. The Labute approximate surface area is 200 Å². The highest BCUT2D eigenvalue weighted by Crippen LogP contribution is 2.33. The fourth-order valence-corrected chi connectivity index (χ4v) is 4.54. The molecule has 2 aromatic rings. The SMILES string of the molecule is CCOC(=O)C1=C(CN2CCN(c3cccc(C)c3)CC2)NC(=O)NC1c1ccccc1OC. The Bertz CT molecular complexity index is 1080. The molecule has 0 bridgehead atoms. The van der Waals surface area contributed by atoms with Crippen molar-refractivity contribution in [1.29, 1.82) is 0 Å². The lowest BCUT2D eigenvalue weighted by atomic mass is 9.94. The third-order valence-electron chi connectivity index (χ3n) is 6.22. The molecule has 1 unspecified atom stereocenters. The molecule has 34 heavy (non-hydrogen) atoms. The summed E-state index contributed by atoms with van der Waals surface area (Å²) >= 11 is 0. The number of amides is 2. The maximum atomic E-state index is 13.1. The van der Waals surface area contributed by atoms with E-state index < -0.39 is 12.0 Å². The molecule has 0 spiro atoms. The molecule has 1 atom stereocenters. The molecule has 2 amide bonds. The van der Waals surface area contributed by atoms with Crippen molar-refractivity contribution in [2.45, 2.75) is 19.9 Å². The number of urea groups is 1. The summed E-state index contributed by atoms with van der Waals surface area (Å²) in [6.45, 7) is 7.94. The molecule has 8 heteroatoms. The molecular formula is C26H32N4O4. The number of aryl methyl sites for hydroxylation is 1. The van der Waals surface area contributed by atoms with Crippen molar-refractivity contribution in [2.75, 3.05) is 51.3 Å². The normalized spacial score (nSPS) is 18.9. The largest absolute Gasteiger partial charge is 0.496 e. The van der Waals surface area contributed by atoms with Gasteiger partial charge in [0.15, 0.2) is 0 Å². The number of methoxy groups -OCH3 is 1. The van der Waals surface area contributed by atoms with Crippen LogP contribution >= 0.6 is 0 Å². The molecule has 4 rings (SSSR count). The number of carbonyl (C=O) groups is 2. The quantitative estimate of drug-likeness (QED) is 0.613. The third kappa shape index (κ3) is 5.17. The lowest BCUT2D eigenvalue weighted by molar-refractivity contribution is -0.139. The van der Waals surface area contributed by atoms with Crippen LogP contribution in [0.2, 0.25) is 0 Å². The number of hydrogen-bond acceptors (Lipinski definition) is 6. The Balaban J connectivity index is 1.58. The number of benzene rings is 2. The Morgan fingerprint density at radius 3 is 2.56 bits per heavy atom. The highest BCUT2D eigenvalue weighted by Gasteiger charge is 2.36. The minimum absolute atomic E-state index is 0.247. The molecule has 180 valence electrons. The van der Waals surface area contributed by atoms with Crippen molar-refractivity contribution in [3.05, 3.63) is 70.9 Å². The summed E-state index contributed by atoms with van der Waals surface area (Å²) in [4.78, 5) is 30.3. The average molecular weight is 465 g/mol. The van der Waals surface area contributed by atoms with E-state index in [0.29, 0.717) is 29.1 Å². The van der Waals surface area contributed by atoms with Gasteiger partial charge in [0.05, 0.1) is 25.3 Å². The molecule has 0 saturated carbocycles. The number of anilines is 1. The van der Waals surface area contributed by atoms with Crippen LogP contribution in [-0.4, -0.2) is 63.3 Å². The van der Waals surface area contributed by atoms with E-state index in [-0.39, 0.29) is 12.6 Å². The van der Waals surface area contributed by atoms with E-state index in [1.807, 2.05) is 24.3 Å². The minimum Gasteiger partial charge on any atom is -0.496 e. The second-order valence-corrected chi connectivity index (χ2v) is 8.49. The maximum Gasteiger partial charge on any atom is 0.338 e. The second kappa shape index (κ2) is 10.6. The van der Waals surface area contributed by atoms with Crippen molar-refractivity contribution in [3.63, 3.8) is 0 Å². The van der Waals surface area contributed by atoms with Crippen molar-refractivity contribution >= 4 is 17.7 Å². The van der Waals surface area contributed by atoms with E-state index in [9.17, 15) is 9.59 Å². The van der Waals surface area contributed by atoms with Gasteiger partial charge in [-0.25, -0.2) is 9.59 Å². The standard InChI is InChI=1S/C26H32N4O4/c1-4-34-25(31)23-21(27-26(32)28-24(23)20-10-5-6-11-22(20)33-3)17-29-12-14-30(15-13-29)19-9-7-8-18(2)16-19/h5-11,16,24H,4,12-15,17H2,1-3H3,(H2,27,28,32). The molecule has 0 aromatic heterocycles. The van der Waals surface area contributed by atoms with Crippen LogP contribution in [0.3, 0.4) is 0 Å². The predicted molar refractivity (Wildman–Crippen MR) is 131 cm³/mol. The predicted octanol–water partition coefficient (Wildman–Crippen LogP) is 3.00. The van der Waals surface area contributed by atoms with Crippen molar-refractivity contribution < 1.29 is 19.1 Å². The molecule has 2 aromatic carbocycles. The molecular weight excluding hydrogens is 432 g/mol. The van der Waals surface area contributed by atoms with Crippen LogP contribution in [0.15, 0.2) is 59.8 Å². The van der Waals surface area contributed by atoms with Gasteiger partial charge in [-0.2, -0.15) is 0 Å². The molecule has 2 heterocycles. The first kappa shape index (κ1) is 23.6. The summed E-state index contributed by atoms with van der Waals surface area (Å²) in [6, 6.07) is 14.9. The van der Waals surface area contributed by atoms with Crippen LogP contribution in [0.25, 0.3) is 0 Å². The summed E-state index contributed by atoms with van der Waals surface area (Å²) in [7, 11) is 1.57. The number of hydrogen-bond donors (Lipinski definition) is 2. The fourth-order valence-electron chi connectivity index (χ4n) is 4.54. The van der Waals surface area contributed by atoms with Crippen molar-refractivity contribution in [2.24, 2.45) is 0 Å². The minimum atomic E-state index is -0.660. The number of nitrogens with one attached hydrogen (secondary N) is 2.